The van der Waals surface area contributed by atoms with Gasteiger partial charge in [-0.25, -0.2) is 4.39 Å². The van der Waals surface area contributed by atoms with Crippen LogP contribution in [0.15, 0.2) is 23.8 Å². The first kappa shape index (κ1) is 26.7. The van der Waals surface area contributed by atoms with Gasteiger partial charge in [-0.05, 0) is 50.7 Å². The number of aliphatic hydroxyl groups excluding tert-OH is 2. The van der Waals surface area contributed by atoms with E-state index in [1.165, 1.54) is 19.3 Å². The first-order chi connectivity index (χ1) is 16.8. The predicted molar refractivity (Wildman–Crippen MR) is 125 cm³/mol. The monoisotopic (exact) mass is 506 g/mol. The van der Waals surface area contributed by atoms with Gasteiger partial charge < -0.3 is 19.7 Å². The number of carbonyl (C=O) groups is 4. The third kappa shape index (κ3) is 3.38. The van der Waals surface area contributed by atoms with Gasteiger partial charge in [0.1, 0.15) is 6.61 Å². The SMILES string of the molecule is COC(=O)CCC(=O)O[C@]1(C(=O)CO)C(C)C[C@H]2[C@@H]3CCC4=CC(=O)C=C[C@]4(C)[C@@]3(F)C(O)C[C@@]21C. The molecule has 0 heterocycles. The van der Waals surface area contributed by atoms with Crippen molar-refractivity contribution in [1.29, 1.82) is 0 Å². The Bertz CT molecular complexity index is 1050. The van der Waals surface area contributed by atoms with Gasteiger partial charge in [0.2, 0.25) is 5.78 Å². The molecule has 0 aromatic carbocycles. The van der Waals surface area contributed by atoms with Crippen LogP contribution in [0.2, 0.25) is 0 Å². The Balaban J connectivity index is 1.76. The summed E-state index contributed by atoms with van der Waals surface area (Å²) in [5, 5.41) is 21.4. The maximum absolute atomic E-state index is 17.3. The lowest BCUT2D eigenvalue weighted by atomic mass is 9.44. The summed E-state index contributed by atoms with van der Waals surface area (Å²) < 4.78 is 27.7. The van der Waals surface area contributed by atoms with Crippen LogP contribution < -0.4 is 0 Å². The number of aliphatic hydroxyl groups is 2. The van der Waals surface area contributed by atoms with E-state index < -0.39 is 70.3 Å². The van der Waals surface area contributed by atoms with Crippen LogP contribution in [0, 0.1) is 28.6 Å². The zero-order valence-corrected chi connectivity index (χ0v) is 21.2. The fourth-order valence-electron chi connectivity index (χ4n) is 8.05. The standard InChI is InChI=1S/C27H35FO8/c1-15-11-19-18-6-5-16-12-17(30)9-10-24(16,2)26(18,28)20(31)13-25(19,3)27(15,21(32)14-29)36-23(34)8-7-22(33)35-4/h9-10,12,15,18-20,29,31H,5-8,11,13-14H2,1-4H3/t15?,18-,19-,20?,24-,25-,26-,27-/m0/s1. The lowest BCUT2D eigenvalue weighted by Gasteiger charge is -2.62. The molecule has 0 spiro atoms. The number of alkyl halides is 1. The molecule has 2 unspecified atom stereocenters. The highest BCUT2D eigenvalue weighted by Crippen LogP contribution is 2.71. The lowest BCUT2D eigenvalue weighted by molar-refractivity contribution is -0.228. The van der Waals surface area contributed by atoms with E-state index in [2.05, 4.69) is 4.74 Å². The van der Waals surface area contributed by atoms with Gasteiger partial charge in [0.25, 0.3) is 0 Å². The Hall–Kier alpha value is -2.39. The number of allylic oxidation sites excluding steroid dienone is 4. The minimum atomic E-state index is -2.09. The molecule has 0 aromatic heterocycles. The van der Waals surface area contributed by atoms with E-state index in [0.717, 1.165) is 0 Å². The van der Waals surface area contributed by atoms with E-state index in [1.54, 1.807) is 26.8 Å². The van der Waals surface area contributed by atoms with E-state index in [-0.39, 0.29) is 25.0 Å². The second-order valence-corrected chi connectivity index (χ2v) is 11.3. The molecule has 0 aliphatic heterocycles. The summed E-state index contributed by atoms with van der Waals surface area (Å²) in [6.07, 6.45) is 3.31. The number of esters is 2. The van der Waals surface area contributed by atoms with E-state index in [1.807, 2.05) is 0 Å². The number of methoxy groups -OCH3 is 1. The van der Waals surface area contributed by atoms with Gasteiger partial charge in [0.05, 0.1) is 26.1 Å². The van der Waals surface area contributed by atoms with E-state index >= 15 is 4.39 Å². The summed E-state index contributed by atoms with van der Waals surface area (Å²) in [5.74, 6) is -3.97. The van der Waals surface area contributed by atoms with Crippen LogP contribution in [-0.2, 0) is 28.7 Å². The average Bonchev–Trinajstić information content (AvgIpc) is 3.05. The first-order valence-corrected chi connectivity index (χ1v) is 12.6. The third-order valence-electron chi connectivity index (χ3n) is 9.77. The van der Waals surface area contributed by atoms with Crippen molar-refractivity contribution < 1.29 is 43.3 Å². The second kappa shape index (κ2) is 8.87. The highest BCUT2D eigenvalue weighted by Gasteiger charge is 2.77. The third-order valence-corrected chi connectivity index (χ3v) is 9.77. The Morgan fingerprint density at radius 1 is 1.17 bits per heavy atom. The summed E-state index contributed by atoms with van der Waals surface area (Å²) in [4.78, 5) is 49.8. The van der Waals surface area contributed by atoms with Gasteiger partial charge in [0, 0.05) is 22.7 Å². The van der Waals surface area contributed by atoms with Crippen molar-refractivity contribution in [2.24, 2.45) is 28.6 Å². The topological polar surface area (TPSA) is 127 Å². The van der Waals surface area contributed by atoms with Gasteiger partial charge in [-0.15, -0.1) is 0 Å². The number of hydrogen-bond donors (Lipinski definition) is 2. The molecule has 0 saturated heterocycles. The van der Waals surface area contributed by atoms with Crippen LogP contribution in [0.3, 0.4) is 0 Å². The number of hydrogen-bond acceptors (Lipinski definition) is 8. The van der Waals surface area contributed by atoms with Crippen molar-refractivity contribution in [2.75, 3.05) is 13.7 Å². The van der Waals surface area contributed by atoms with Crippen molar-refractivity contribution in [2.45, 2.75) is 76.7 Å². The molecule has 8 nitrogen and oxygen atoms in total. The fourth-order valence-corrected chi connectivity index (χ4v) is 8.05. The highest BCUT2D eigenvalue weighted by molar-refractivity contribution is 6.01. The van der Waals surface area contributed by atoms with E-state index in [0.29, 0.717) is 24.8 Å². The normalized spacial score (nSPS) is 43.1. The van der Waals surface area contributed by atoms with Crippen molar-refractivity contribution in [3.8, 4) is 0 Å². The molecule has 0 amide bonds. The summed E-state index contributed by atoms with van der Waals surface area (Å²) in [6.45, 7) is 4.30. The average molecular weight is 507 g/mol. The largest absolute Gasteiger partial charge is 0.469 e. The van der Waals surface area contributed by atoms with Crippen LogP contribution in [0.25, 0.3) is 0 Å². The Kier molecular flexibility index (Phi) is 6.57. The molecule has 198 valence electrons. The summed E-state index contributed by atoms with van der Waals surface area (Å²) in [6, 6.07) is 0. The van der Waals surface area contributed by atoms with Gasteiger partial charge in [-0.3, -0.25) is 19.2 Å². The Labute approximate surface area is 209 Å². The number of ether oxygens (including phenoxy) is 2. The number of fused-ring (bicyclic) bond motifs is 5. The molecule has 9 heteroatoms. The maximum Gasteiger partial charge on any atom is 0.307 e. The van der Waals surface area contributed by atoms with Crippen LogP contribution in [-0.4, -0.2) is 64.8 Å². The van der Waals surface area contributed by atoms with Crippen LogP contribution in [0.5, 0.6) is 0 Å². The number of Topliss-reactive ketones (excluding diaryl/α,β-unsaturated/α-hetero) is 1. The number of rotatable bonds is 6. The molecular weight excluding hydrogens is 471 g/mol. The smallest absolute Gasteiger partial charge is 0.307 e. The number of ketones is 2. The maximum atomic E-state index is 17.3. The van der Waals surface area contributed by atoms with Crippen molar-refractivity contribution in [3.63, 3.8) is 0 Å². The molecule has 3 fully saturated rings. The quantitative estimate of drug-likeness (QED) is 0.526. The minimum Gasteiger partial charge on any atom is -0.469 e. The molecule has 4 aliphatic carbocycles. The van der Waals surface area contributed by atoms with Crippen molar-refractivity contribution in [1.82, 2.24) is 0 Å². The van der Waals surface area contributed by atoms with E-state index in [4.69, 9.17) is 4.74 Å². The predicted octanol–water partition coefficient (Wildman–Crippen LogP) is 2.40. The zero-order valence-electron chi connectivity index (χ0n) is 21.2. The Morgan fingerprint density at radius 2 is 1.83 bits per heavy atom. The molecule has 4 aliphatic rings. The van der Waals surface area contributed by atoms with Gasteiger partial charge in [-0.1, -0.05) is 25.5 Å². The molecule has 0 radical (unpaired) electrons. The molecule has 8 atom stereocenters. The van der Waals surface area contributed by atoms with E-state index in [9.17, 15) is 29.4 Å². The van der Waals surface area contributed by atoms with Crippen LogP contribution >= 0.6 is 0 Å². The van der Waals surface area contributed by atoms with Crippen molar-refractivity contribution in [3.05, 3.63) is 23.8 Å². The summed E-state index contributed by atoms with van der Waals surface area (Å²) >= 11 is 0. The van der Waals surface area contributed by atoms with Gasteiger partial charge in [-0.2, -0.15) is 0 Å². The van der Waals surface area contributed by atoms with Gasteiger partial charge in [0.15, 0.2) is 17.1 Å². The van der Waals surface area contributed by atoms with Gasteiger partial charge >= 0.3 is 11.9 Å². The molecule has 2 N–H and O–H groups in total. The zero-order chi connectivity index (χ0) is 26.7. The molecule has 0 aromatic rings. The minimum absolute atomic E-state index is 0.171. The summed E-state index contributed by atoms with van der Waals surface area (Å²) in [5.41, 5.74) is -5.56. The molecular formula is C27H35FO8. The number of halogens is 1. The molecule has 3 saturated carbocycles. The van der Waals surface area contributed by atoms with Crippen molar-refractivity contribution >= 4 is 23.5 Å². The molecule has 0 bridgehead atoms. The lowest BCUT2D eigenvalue weighted by Crippen LogP contribution is -2.70. The second-order valence-electron chi connectivity index (χ2n) is 11.3. The Morgan fingerprint density at radius 3 is 2.47 bits per heavy atom. The van der Waals surface area contributed by atoms with Crippen LogP contribution in [0.1, 0.15) is 59.3 Å². The summed E-state index contributed by atoms with van der Waals surface area (Å²) in [7, 11) is 1.20. The molecule has 36 heavy (non-hydrogen) atoms. The first-order valence-electron chi connectivity index (χ1n) is 12.6. The highest BCUT2D eigenvalue weighted by atomic mass is 19.1. The fraction of sp³-hybridized carbons (Fsp3) is 0.704. The molecule has 4 rings (SSSR count). The number of carbonyl (C=O) groups excluding carboxylic acids is 4. The van der Waals surface area contributed by atoms with Crippen LogP contribution in [0.4, 0.5) is 4.39 Å².